The average molecular weight is 297 g/mol. The van der Waals surface area contributed by atoms with E-state index in [0.717, 1.165) is 6.26 Å². The molecule has 108 valence electrons. The van der Waals surface area contributed by atoms with Crippen LogP contribution in [0.5, 0.6) is 0 Å². The molecule has 0 aliphatic carbocycles. The second-order valence-electron chi connectivity index (χ2n) is 4.71. The van der Waals surface area contributed by atoms with Gasteiger partial charge in [0.1, 0.15) is 6.04 Å². The molecule has 1 fully saturated rings. The van der Waals surface area contributed by atoms with Gasteiger partial charge in [-0.1, -0.05) is 0 Å². The molecule has 1 saturated heterocycles. The monoisotopic (exact) mass is 297 g/mol. The fourth-order valence-corrected chi connectivity index (χ4v) is 2.81. The van der Waals surface area contributed by atoms with Crippen LogP contribution in [-0.2, 0) is 14.6 Å². The number of carbonyl (C=O) groups excluding carboxylic acids is 2. The zero-order valence-electron chi connectivity index (χ0n) is 10.9. The Morgan fingerprint density at radius 1 is 1.45 bits per heavy atom. The number of carbonyl (C=O) groups is 2. The zero-order valence-corrected chi connectivity index (χ0v) is 11.8. The highest BCUT2D eigenvalue weighted by atomic mass is 32.2. The van der Waals surface area contributed by atoms with Crippen molar-refractivity contribution in [1.82, 2.24) is 9.88 Å². The van der Waals surface area contributed by atoms with E-state index < -0.39 is 27.7 Å². The second-order valence-corrected chi connectivity index (χ2v) is 6.68. The normalized spacial score (nSPS) is 19.1. The van der Waals surface area contributed by atoms with Gasteiger partial charge in [0.15, 0.2) is 14.9 Å². The molecule has 1 aromatic heterocycles. The Hall–Kier alpha value is -1.96. The van der Waals surface area contributed by atoms with Crippen LogP contribution in [0.4, 0.5) is 0 Å². The van der Waals surface area contributed by atoms with E-state index in [0.29, 0.717) is 19.4 Å². The third kappa shape index (κ3) is 2.79. The molecule has 2 amide bonds. The number of likely N-dealkylation sites (tertiary alicyclic amines) is 1. The standard InChI is InChI=1S/C12H15N3O4S/c1-20(18,19)10-7-8(4-5-14-10)12(17)15-6-2-3-9(15)11(13)16/h4-5,7,9H,2-3,6H2,1H3,(H2,13,16)/t9-/m1/s1. The van der Waals surface area contributed by atoms with Crippen LogP contribution in [-0.4, -0.2) is 49.0 Å². The smallest absolute Gasteiger partial charge is 0.254 e. The molecule has 1 atom stereocenters. The minimum absolute atomic E-state index is 0.168. The number of sulfone groups is 1. The van der Waals surface area contributed by atoms with Gasteiger partial charge in [0, 0.05) is 24.6 Å². The van der Waals surface area contributed by atoms with Gasteiger partial charge in [-0.3, -0.25) is 9.59 Å². The first-order valence-corrected chi connectivity index (χ1v) is 7.96. The van der Waals surface area contributed by atoms with Crippen molar-refractivity contribution >= 4 is 21.7 Å². The number of rotatable bonds is 3. The quantitative estimate of drug-likeness (QED) is 0.814. The summed E-state index contributed by atoms with van der Waals surface area (Å²) in [7, 11) is -3.49. The third-order valence-corrected chi connectivity index (χ3v) is 4.19. The minimum atomic E-state index is -3.49. The predicted octanol–water partition coefficient (Wildman–Crippen LogP) is -0.425. The molecule has 0 radical (unpaired) electrons. The first-order valence-electron chi connectivity index (χ1n) is 6.07. The number of nitrogens with two attached hydrogens (primary N) is 1. The summed E-state index contributed by atoms with van der Waals surface area (Å²) in [6, 6.07) is 2.01. The van der Waals surface area contributed by atoms with E-state index in [1.165, 1.54) is 23.2 Å². The van der Waals surface area contributed by atoms with Crippen LogP contribution in [0.3, 0.4) is 0 Å². The van der Waals surface area contributed by atoms with Crippen molar-refractivity contribution in [2.45, 2.75) is 23.9 Å². The number of pyridine rings is 1. The average Bonchev–Trinajstić information content (AvgIpc) is 2.86. The lowest BCUT2D eigenvalue weighted by Crippen LogP contribution is -2.43. The van der Waals surface area contributed by atoms with Crippen molar-refractivity contribution < 1.29 is 18.0 Å². The fourth-order valence-electron chi connectivity index (χ4n) is 2.22. The number of aromatic nitrogens is 1. The first kappa shape index (κ1) is 14.4. The van der Waals surface area contributed by atoms with Gasteiger partial charge in [-0.05, 0) is 25.0 Å². The van der Waals surface area contributed by atoms with Gasteiger partial charge in [-0.15, -0.1) is 0 Å². The van der Waals surface area contributed by atoms with Crippen LogP contribution in [0, 0.1) is 0 Å². The van der Waals surface area contributed by atoms with Crippen LogP contribution < -0.4 is 5.73 Å². The van der Waals surface area contributed by atoms with Crippen molar-refractivity contribution in [3.63, 3.8) is 0 Å². The van der Waals surface area contributed by atoms with Gasteiger partial charge >= 0.3 is 0 Å². The van der Waals surface area contributed by atoms with Crippen molar-refractivity contribution in [2.75, 3.05) is 12.8 Å². The maximum atomic E-state index is 12.3. The Kier molecular flexibility index (Phi) is 3.76. The number of nitrogens with zero attached hydrogens (tertiary/aromatic N) is 2. The molecule has 1 aromatic rings. The topological polar surface area (TPSA) is 110 Å². The maximum absolute atomic E-state index is 12.3. The van der Waals surface area contributed by atoms with E-state index in [1.807, 2.05) is 0 Å². The SMILES string of the molecule is CS(=O)(=O)c1cc(C(=O)N2CCC[C@@H]2C(N)=O)ccn1. The van der Waals surface area contributed by atoms with E-state index >= 15 is 0 Å². The van der Waals surface area contributed by atoms with Gasteiger partial charge < -0.3 is 10.6 Å². The largest absolute Gasteiger partial charge is 0.368 e. The first-order chi connectivity index (χ1) is 9.30. The summed E-state index contributed by atoms with van der Waals surface area (Å²) in [4.78, 5) is 28.7. The molecular weight excluding hydrogens is 282 g/mol. The molecule has 0 saturated carbocycles. The third-order valence-electron chi connectivity index (χ3n) is 3.20. The molecule has 20 heavy (non-hydrogen) atoms. The van der Waals surface area contributed by atoms with Gasteiger partial charge in [0.25, 0.3) is 5.91 Å². The lowest BCUT2D eigenvalue weighted by atomic mass is 10.2. The summed E-state index contributed by atoms with van der Waals surface area (Å²) in [5.74, 6) is -0.952. The Morgan fingerprint density at radius 3 is 2.75 bits per heavy atom. The summed E-state index contributed by atoms with van der Waals surface area (Å²) < 4.78 is 22.9. The Bertz CT molecular complexity index is 656. The Labute approximate surface area is 116 Å². The van der Waals surface area contributed by atoms with E-state index in [-0.39, 0.29) is 10.6 Å². The Balaban J connectivity index is 2.32. The van der Waals surface area contributed by atoms with E-state index in [1.54, 1.807) is 0 Å². The summed E-state index contributed by atoms with van der Waals surface area (Å²) in [5.41, 5.74) is 5.45. The van der Waals surface area contributed by atoms with Crippen molar-refractivity contribution in [2.24, 2.45) is 5.73 Å². The van der Waals surface area contributed by atoms with Crippen LogP contribution >= 0.6 is 0 Å². The highest BCUT2D eigenvalue weighted by molar-refractivity contribution is 7.90. The lowest BCUT2D eigenvalue weighted by molar-refractivity contribution is -0.121. The molecule has 0 spiro atoms. The van der Waals surface area contributed by atoms with Gasteiger partial charge in [-0.2, -0.15) is 0 Å². The molecule has 2 heterocycles. The number of primary amides is 1. The van der Waals surface area contributed by atoms with Gasteiger partial charge in [-0.25, -0.2) is 13.4 Å². The van der Waals surface area contributed by atoms with Crippen LogP contribution in [0.1, 0.15) is 23.2 Å². The van der Waals surface area contributed by atoms with Gasteiger partial charge in [0.2, 0.25) is 5.91 Å². The number of amides is 2. The number of hydrogen-bond donors (Lipinski definition) is 1. The van der Waals surface area contributed by atoms with Crippen LogP contribution in [0.25, 0.3) is 0 Å². The summed E-state index contributed by atoms with van der Waals surface area (Å²) >= 11 is 0. The molecule has 0 unspecified atom stereocenters. The molecular formula is C12H15N3O4S. The Morgan fingerprint density at radius 2 is 2.15 bits per heavy atom. The fraction of sp³-hybridized carbons (Fsp3) is 0.417. The molecule has 7 nitrogen and oxygen atoms in total. The van der Waals surface area contributed by atoms with E-state index in [9.17, 15) is 18.0 Å². The van der Waals surface area contributed by atoms with E-state index in [2.05, 4.69) is 4.98 Å². The summed E-state index contributed by atoms with van der Waals surface area (Å²) in [6.07, 6.45) is 3.51. The molecule has 1 aliphatic rings. The highest BCUT2D eigenvalue weighted by Crippen LogP contribution is 2.20. The molecule has 0 aromatic carbocycles. The molecule has 2 rings (SSSR count). The molecule has 2 N–H and O–H groups in total. The summed E-state index contributed by atoms with van der Waals surface area (Å²) in [5, 5.41) is -0.168. The second kappa shape index (κ2) is 5.20. The van der Waals surface area contributed by atoms with Crippen molar-refractivity contribution in [1.29, 1.82) is 0 Å². The van der Waals surface area contributed by atoms with Gasteiger partial charge in [0.05, 0.1) is 0 Å². The summed E-state index contributed by atoms with van der Waals surface area (Å²) in [6.45, 7) is 0.434. The van der Waals surface area contributed by atoms with Crippen molar-refractivity contribution in [3.05, 3.63) is 23.9 Å². The molecule has 0 bridgehead atoms. The lowest BCUT2D eigenvalue weighted by Gasteiger charge is -2.22. The van der Waals surface area contributed by atoms with Crippen molar-refractivity contribution in [3.8, 4) is 0 Å². The predicted molar refractivity (Wildman–Crippen MR) is 70.6 cm³/mol. The maximum Gasteiger partial charge on any atom is 0.254 e. The van der Waals surface area contributed by atoms with Crippen LogP contribution in [0.15, 0.2) is 23.4 Å². The highest BCUT2D eigenvalue weighted by Gasteiger charge is 2.33. The molecule has 8 heteroatoms. The molecule has 1 aliphatic heterocycles. The number of hydrogen-bond acceptors (Lipinski definition) is 5. The van der Waals surface area contributed by atoms with E-state index in [4.69, 9.17) is 5.73 Å². The van der Waals surface area contributed by atoms with Crippen LogP contribution in [0.2, 0.25) is 0 Å². The zero-order chi connectivity index (χ0) is 14.9. The minimum Gasteiger partial charge on any atom is -0.368 e.